The zero-order valence-corrected chi connectivity index (χ0v) is 20.3. The third-order valence-corrected chi connectivity index (χ3v) is 8.50. The molecule has 0 saturated heterocycles. The quantitative estimate of drug-likeness (QED) is 0.347. The molecule has 0 bridgehead atoms. The van der Waals surface area contributed by atoms with Crippen LogP contribution in [0.3, 0.4) is 0 Å². The predicted molar refractivity (Wildman–Crippen MR) is 120 cm³/mol. The summed E-state index contributed by atoms with van der Waals surface area (Å²) in [6.07, 6.45) is 0.00412. The normalized spacial score (nSPS) is 29.7. The number of carbonyl (C=O) groups excluding carboxylic acids is 1. The summed E-state index contributed by atoms with van der Waals surface area (Å²) in [4.78, 5) is 23.3. The van der Waals surface area contributed by atoms with Gasteiger partial charge in [-0.15, -0.1) is 11.6 Å². The van der Waals surface area contributed by atoms with E-state index < -0.39 is 63.6 Å². The van der Waals surface area contributed by atoms with Gasteiger partial charge in [0.05, 0.1) is 30.2 Å². The first-order valence-corrected chi connectivity index (χ1v) is 12.4. The van der Waals surface area contributed by atoms with E-state index in [9.17, 15) is 28.2 Å². The Morgan fingerprint density at radius 3 is 2.48 bits per heavy atom. The number of carbonyl (C=O) groups is 2. The molecule has 0 radical (unpaired) electrons. The van der Waals surface area contributed by atoms with Crippen LogP contribution in [-0.4, -0.2) is 75.7 Å². The molecule has 0 spiro atoms. The van der Waals surface area contributed by atoms with Crippen molar-refractivity contribution in [1.29, 1.82) is 0 Å². The average Bonchev–Trinajstić information content (AvgIpc) is 2.92. The lowest BCUT2D eigenvalue weighted by Gasteiger charge is -2.46. The van der Waals surface area contributed by atoms with Crippen LogP contribution in [0.4, 0.5) is 0 Å². The standard InChI is InChI=1S/C21H25Cl2NO8S/c1-12(2)13-7-20(22,17(19(28)29)21(23,8-13)32-10-14(26)9-25)11-24-18(27)15-5-3-4-6-16(15)33(24,30)31/h3-6,8,12,14,17,25-26H,7,9-11H2,1-2H3,(H,28,29). The van der Waals surface area contributed by atoms with E-state index in [0.717, 1.165) is 0 Å². The lowest BCUT2D eigenvalue weighted by atomic mass is 9.73. The first-order valence-electron chi connectivity index (χ1n) is 10.2. The lowest BCUT2D eigenvalue weighted by Crippen LogP contribution is -2.59. The topological polar surface area (TPSA) is 141 Å². The van der Waals surface area contributed by atoms with Gasteiger partial charge in [0.1, 0.15) is 16.9 Å². The Kier molecular flexibility index (Phi) is 7.20. The zero-order chi connectivity index (χ0) is 24.8. The molecule has 182 valence electrons. The fourth-order valence-electron chi connectivity index (χ4n) is 4.12. The molecule has 9 nitrogen and oxygen atoms in total. The lowest BCUT2D eigenvalue weighted by molar-refractivity contribution is -0.153. The molecular formula is C21H25Cl2NO8S. The molecule has 0 aromatic heterocycles. The summed E-state index contributed by atoms with van der Waals surface area (Å²) >= 11 is 13.5. The molecule has 1 aliphatic heterocycles. The second kappa shape index (κ2) is 9.16. The highest BCUT2D eigenvalue weighted by Gasteiger charge is 2.60. The fraction of sp³-hybridized carbons (Fsp3) is 0.524. The maximum absolute atomic E-state index is 13.1. The summed E-state index contributed by atoms with van der Waals surface area (Å²) in [5.74, 6) is -4.15. The number of benzene rings is 1. The van der Waals surface area contributed by atoms with Crippen LogP contribution >= 0.6 is 23.2 Å². The molecular weight excluding hydrogens is 497 g/mol. The smallest absolute Gasteiger partial charge is 0.313 e. The van der Waals surface area contributed by atoms with Crippen molar-refractivity contribution in [3.05, 3.63) is 41.5 Å². The number of carboxylic acids is 1. The number of amides is 1. The van der Waals surface area contributed by atoms with E-state index in [1.165, 1.54) is 30.3 Å². The Hall–Kier alpha value is -1.69. The number of fused-ring (bicyclic) bond motifs is 1. The number of ether oxygens (including phenoxy) is 1. The average molecular weight is 522 g/mol. The molecule has 2 aliphatic rings. The number of halogens is 2. The molecule has 12 heteroatoms. The predicted octanol–water partition coefficient (Wildman–Crippen LogP) is 1.80. The fourth-order valence-corrected chi connectivity index (χ4v) is 6.92. The van der Waals surface area contributed by atoms with Gasteiger partial charge in [0.25, 0.3) is 15.9 Å². The Bertz CT molecular complexity index is 1090. The van der Waals surface area contributed by atoms with Gasteiger partial charge in [-0.1, -0.05) is 43.2 Å². The molecule has 1 heterocycles. The molecule has 1 amide bonds. The Morgan fingerprint density at radius 2 is 1.94 bits per heavy atom. The van der Waals surface area contributed by atoms with Crippen molar-refractivity contribution in [2.45, 2.75) is 41.2 Å². The number of nitrogens with zero attached hydrogens (tertiary/aromatic N) is 1. The number of sulfonamides is 1. The minimum Gasteiger partial charge on any atom is -0.481 e. The van der Waals surface area contributed by atoms with Crippen molar-refractivity contribution < 1.29 is 38.1 Å². The number of hydrogen-bond acceptors (Lipinski definition) is 7. The second-order valence-electron chi connectivity index (χ2n) is 8.51. The third kappa shape index (κ3) is 4.65. The number of allylic oxidation sites excluding steroid dienone is 1. The molecule has 3 rings (SSSR count). The van der Waals surface area contributed by atoms with Gasteiger partial charge in [-0.25, -0.2) is 12.7 Å². The van der Waals surface area contributed by atoms with Crippen molar-refractivity contribution in [3.63, 3.8) is 0 Å². The van der Waals surface area contributed by atoms with Crippen molar-refractivity contribution in [2.75, 3.05) is 19.8 Å². The number of aliphatic hydroxyl groups excluding tert-OH is 2. The Balaban J connectivity index is 2.07. The largest absolute Gasteiger partial charge is 0.481 e. The van der Waals surface area contributed by atoms with E-state index >= 15 is 0 Å². The van der Waals surface area contributed by atoms with E-state index in [2.05, 4.69) is 0 Å². The highest BCUT2D eigenvalue weighted by atomic mass is 35.5. The number of aliphatic carboxylic acids is 1. The van der Waals surface area contributed by atoms with Crippen molar-refractivity contribution in [2.24, 2.45) is 11.8 Å². The first-order chi connectivity index (χ1) is 15.3. The van der Waals surface area contributed by atoms with Crippen LogP contribution in [0.1, 0.15) is 30.6 Å². The van der Waals surface area contributed by atoms with Crippen LogP contribution in [0.2, 0.25) is 0 Å². The van der Waals surface area contributed by atoms with Crippen LogP contribution in [0.15, 0.2) is 40.8 Å². The van der Waals surface area contributed by atoms with Crippen LogP contribution in [-0.2, 0) is 19.6 Å². The van der Waals surface area contributed by atoms with Crippen LogP contribution < -0.4 is 0 Å². The molecule has 0 fully saturated rings. The van der Waals surface area contributed by atoms with E-state index in [4.69, 9.17) is 33.0 Å². The van der Waals surface area contributed by atoms with Crippen LogP contribution in [0.25, 0.3) is 0 Å². The summed E-state index contributed by atoms with van der Waals surface area (Å²) in [6, 6.07) is 5.67. The summed E-state index contributed by atoms with van der Waals surface area (Å²) in [5, 5.41) is 26.8. The highest BCUT2D eigenvalue weighted by molar-refractivity contribution is 7.90. The third-order valence-electron chi connectivity index (χ3n) is 5.81. The van der Waals surface area contributed by atoms with Crippen LogP contribution in [0, 0.1) is 11.8 Å². The van der Waals surface area contributed by atoms with Crippen LogP contribution in [0.5, 0.6) is 0 Å². The number of hydrogen-bond donors (Lipinski definition) is 3. The summed E-state index contributed by atoms with van der Waals surface area (Å²) < 4.78 is 32.3. The van der Waals surface area contributed by atoms with E-state index in [0.29, 0.717) is 9.88 Å². The van der Waals surface area contributed by atoms with E-state index in [1.807, 2.05) is 13.8 Å². The van der Waals surface area contributed by atoms with Crippen molar-refractivity contribution >= 4 is 45.1 Å². The van der Waals surface area contributed by atoms with Crippen molar-refractivity contribution in [3.8, 4) is 0 Å². The zero-order valence-electron chi connectivity index (χ0n) is 17.9. The van der Waals surface area contributed by atoms with Gasteiger partial charge in [0.2, 0.25) is 0 Å². The molecule has 4 unspecified atom stereocenters. The molecule has 1 aliphatic carbocycles. The molecule has 1 aromatic rings. The van der Waals surface area contributed by atoms with Gasteiger partial charge in [-0.2, -0.15) is 0 Å². The van der Waals surface area contributed by atoms with E-state index in [-0.39, 0.29) is 22.8 Å². The maximum atomic E-state index is 13.1. The van der Waals surface area contributed by atoms with Gasteiger partial charge in [-0.05, 0) is 30.5 Å². The maximum Gasteiger partial charge on any atom is 0.313 e. The summed E-state index contributed by atoms with van der Waals surface area (Å²) in [5.41, 5.74) is 0.567. The molecule has 33 heavy (non-hydrogen) atoms. The number of rotatable bonds is 8. The highest BCUT2D eigenvalue weighted by Crippen LogP contribution is 2.51. The Morgan fingerprint density at radius 1 is 1.30 bits per heavy atom. The summed E-state index contributed by atoms with van der Waals surface area (Å²) in [7, 11) is -4.26. The van der Waals surface area contributed by atoms with Gasteiger partial charge >= 0.3 is 5.97 Å². The molecule has 0 saturated carbocycles. The second-order valence-corrected chi connectivity index (χ2v) is 11.7. The minimum absolute atomic E-state index is 0.0282. The number of carboxylic acid groups (broad SMARTS) is 1. The molecule has 3 N–H and O–H groups in total. The van der Waals surface area contributed by atoms with E-state index in [1.54, 1.807) is 0 Å². The Labute approximate surface area is 201 Å². The van der Waals surface area contributed by atoms with Gasteiger partial charge in [0, 0.05) is 0 Å². The van der Waals surface area contributed by atoms with Gasteiger partial charge in [0.15, 0.2) is 5.06 Å². The first kappa shape index (κ1) is 25.9. The number of alkyl halides is 2. The van der Waals surface area contributed by atoms with Gasteiger partial charge in [-0.3, -0.25) is 9.59 Å². The molecule has 4 atom stereocenters. The minimum atomic E-state index is -4.26. The van der Waals surface area contributed by atoms with Gasteiger partial charge < -0.3 is 20.1 Å². The van der Waals surface area contributed by atoms with Crippen molar-refractivity contribution in [1.82, 2.24) is 4.31 Å². The molecule has 1 aromatic carbocycles. The monoisotopic (exact) mass is 521 g/mol. The number of aliphatic hydroxyl groups is 2. The SMILES string of the molecule is CC(C)C1=CC(Cl)(OCC(O)CO)C(C(=O)O)C(Cl)(CN2C(=O)c3ccccc3S2(=O)=O)C1. The summed E-state index contributed by atoms with van der Waals surface area (Å²) in [6.45, 7) is 1.84.